The van der Waals surface area contributed by atoms with Gasteiger partial charge in [0.1, 0.15) is 18.5 Å². The number of aliphatic hydroxyl groups excluding tert-OH is 1. The third-order valence-electron chi connectivity index (χ3n) is 2.23. The first-order valence-corrected chi connectivity index (χ1v) is 6.64. The van der Waals surface area contributed by atoms with E-state index in [0.29, 0.717) is 10.2 Å². The van der Waals surface area contributed by atoms with E-state index in [2.05, 4.69) is 15.9 Å². The Balaban J connectivity index is 2.51. The number of aliphatic hydroxyl groups is 1. The molecule has 2 N–H and O–H groups in total. The molecule has 1 atom stereocenters. The second kappa shape index (κ2) is 7.47. The second-order valence-electron chi connectivity index (χ2n) is 4.30. The number of benzene rings is 1. The van der Waals surface area contributed by atoms with Crippen LogP contribution < -0.4 is 4.74 Å². The highest BCUT2D eigenvalue weighted by atomic mass is 79.9. The zero-order valence-corrected chi connectivity index (χ0v) is 12.4. The molecule has 0 heterocycles. The number of aromatic carboxylic acids is 1. The normalized spacial score (nSPS) is 12.5. The van der Waals surface area contributed by atoms with Gasteiger partial charge in [0, 0.05) is 0 Å². The van der Waals surface area contributed by atoms with Crippen LogP contribution in [0.3, 0.4) is 0 Å². The third-order valence-corrected chi connectivity index (χ3v) is 2.85. The quantitative estimate of drug-likeness (QED) is 0.801. The molecule has 0 amide bonds. The summed E-state index contributed by atoms with van der Waals surface area (Å²) in [5.41, 5.74) is 0.169. The van der Waals surface area contributed by atoms with E-state index in [0.717, 1.165) is 0 Å². The summed E-state index contributed by atoms with van der Waals surface area (Å²) < 4.78 is 11.2. The maximum atomic E-state index is 10.8. The van der Waals surface area contributed by atoms with Crippen LogP contribution in [0.15, 0.2) is 22.7 Å². The van der Waals surface area contributed by atoms with Gasteiger partial charge in [0.15, 0.2) is 0 Å². The van der Waals surface area contributed by atoms with Gasteiger partial charge in [-0.25, -0.2) is 4.79 Å². The number of carboxylic acid groups (broad SMARTS) is 1. The Morgan fingerprint density at radius 2 is 2.05 bits per heavy atom. The smallest absolute Gasteiger partial charge is 0.335 e. The molecule has 6 heteroatoms. The summed E-state index contributed by atoms with van der Waals surface area (Å²) in [6, 6.07) is 4.44. The Morgan fingerprint density at radius 1 is 1.37 bits per heavy atom. The molecule has 0 radical (unpaired) electrons. The molecular formula is C13H17BrO5. The molecule has 0 saturated heterocycles. The molecule has 0 fully saturated rings. The zero-order valence-electron chi connectivity index (χ0n) is 10.8. The van der Waals surface area contributed by atoms with Crippen molar-refractivity contribution in [3.8, 4) is 5.75 Å². The van der Waals surface area contributed by atoms with Crippen molar-refractivity contribution in [1.82, 2.24) is 0 Å². The van der Waals surface area contributed by atoms with Gasteiger partial charge >= 0.3 is 5.97 Å². The molecule has 0 aliphatic rings. The molecule has 1 aromatic rings. The lowest BCUT2D eigenvalue weighted by Crippen LogP contribution is -2.25. The maximum absolute atomic E-state index is 10.8. The minimum absolute atomic E-state index is 0.0521. The van der Waals surface area contributed by atoms with E-state index in [1.165, 1.54) is 12.1 Å². The molecular weight excluding hydrogens is 316 g/mol. The van der Waals surface area contributed by atoms with Crippen molar-refractivity contribution >= 4 is 21.9 Å². The Bertz CT molecular complexity index is 433. The third kappa shape index (κ3) is 5.59. The maximum Gasteiger partial charge on any atom is 0.335 e. The summed E-state index contributed by atoms with van der Waals surface area (Å²) in [5, 5.41) is 18.5. The van der Waals surface area contributed by atoms with Crippen molar-refractivity contribution in [3.05, 3.63) is 28.2 Å². The van der Waals surface area contributed by atoms with E-state index in [9.17, 15) is 9.90 Å². The lowest BCUT2D eigenvalue weighted by molar-refractivity contribution is -0.0123. The van der Waals surface area contributed by atoms with E-state index >= 15 is 0 Å². The van der Waals surface area contributed by atoms with Crippen molar-refractivity contribution in [2.24, 2.45) is 0 Å². The van der Waals surface area contributed by atoms with Gasteiger partial charge in [-0.15, -0.1) is 0 Å². The van der Waals surface area contributed by atoms with Crippen LogP contribution in [-0.2, 0) is 4.74 Å². The molecule has 106 valence electrons. The summed E-state index contributed by atoms with van der Waals surface area (Å²) in [6.07, 6.45) is -0.676. The predicted molar refractivity (Wildman–Crippen MR) is 73.7 cm³/mol. The van der Waals surface area contributed by atoms with E-state index in [1.54, 1.807) is 6.07 Å². The van der Waals surface area contributed by atoms with Gasteiger partial charge < -0.3 is 19.7 Å². The number of halogens is 1. The number of hydrogen-bond donors (Lipinski definition) is 2. The van der Waals surface area contributed by atoms with Gasteiger partial charge in [0.2, 0.25) is 0 Å². The van der Waals surface area contributed by atoms with Gasteiger partial charge in [-0.05, 0) is 48.0 Å². The molecule has 1 aromatic carbocycles. The number of rotatable bonds is 7. The van der Waals surface area contributed by atoms with Crippen LogP contribution in [0.5, 0.6) is 5.75 Å². The standard InChI is InChI=1S/C13H17BrO5/c1-8(2)18-6-10(15)7-19-12-4-3-9(13(16)17)5-11(12)14/h3-5,8,10,15H,6-7H2,1-2H3,(H,16,17). The number of ether oxygens (including phenoxy) is 2. The lowest BCUT2D eigenvalue weighted by Gasteiger charge is -2.15. The van der Waals surface area contributed by atoms with Gasteiger partial charge in [-0.3, -0.25) is 0 Å². The molecule has 0 aliphatic carbocycles. The molecule has 0 bridgehead atoms. The molecule has 1 rings (SSSR count). The molecule has 0 saturated carbocycles. The average molecular weight is 333 g/mol. The second-order valence-corrected chi connectivity index (χ2v) is 5.15. The first-order valence-electron chi connectivity index (χ1n) is 5.85. The van der Waals surface area contributed by atoms with Crippen LogP contribution >= 0.6 is 15.9 Å². The molecule has 5 nitrogen and oxygen atoms in total. The Labute approximate surface area is 120 Å². The van der Waals surface area contributed by atoms with Crippen LogP contribution in [0.4, 0.5) is 0 Å². The SMILES string of the molecule is CC(C)OCC(O)COc1ccc(C(=O)O)cc1Br. The molecule has 0 aromatic heterocycles. The Hall–Kier alpha value is -1.11. The highest BCUT2D eigenvalue weighted by Crippen LogP contribution is 2.26. The molecule has 0 spiro atoms. The van der Waals surface area contributed by atoms with Gasteiger partial charge in [-0.2, -0.15) is 0 Å². The average Bonchev–Trinajstić information content (AvgIpc) is 2.34. The molecule has 0 aliphatic heterocycles. The number of carboxylic acids is 1. The van der Waals surface area contributed by atoms with Crippen molar-refractivity contribution in [2.45, 2.75) is 26.1 Å². The minimum atomic E-state index is -1.00. The molecule has 19 heavy (non-hydrogen) atoms. The summed E-state index contributed by atoms with van der Waals surface area (Å²) in [5.74, 6) is -0.522. The minimum Gasteiger partial charge on any atom is -0.490 e. The summed E-state index contributed by atoms with van der Waals surface area (Å²) >= 11 is 3.23. The fourth-order valence-electron chi connectivity index (χ4n) is 1.29. The summed E-state index contributed by atoms with van der Waals surface area (Å²) in [6.45, 7) is 4.05. The fourth-order valence-corrected chi connectivity index (χ4v) is 1.78. The summed E-state index contributed by atoms with van der Waals surface area (Å²) in [4.78, 5) is 10.8. The topological polar surface area (TPSA) is 76.0 Å². The van der Waals surface area contributed by atoms with E-state index in [1.807, 2.05) is 13.8 Å². The number of hydrogen-bond acceptors (Lipinski definition) is 4. The van der Waals surface area contributed by atoms with E-state index in [-0.39, 0.29) is 24.9 Å². The van der Waals surface area contributed by atoms with Crippen molar-refractivity contribution in [2.75, 3.05) is 13.2 Å². The Morgan fingerprint density at radius 3 is 2.58 bits per heavy atom. The van der Waals surface area contributed by atoms with Crippen LogP contribution in [0.2, 0.25) is 0 Å². The summed E-state index contributed by atoms with van der Waals surface area (Å²) in [7, 11) is 0. The van der Waals surface area contributed by atoms with E-state index < -0.39 is 12.1 Å². The largest absolute Gasteiger partial charge is 0.490 e. The zero-order chi connectivity index (χ0) is 14.4. The van der Waals surface area contributed by atoms with Gasteiger partial charge in [0.05, 0.1) is 22.7 Å². The molecule has 1 unspecified atom stereocenters. The first-order chi connectivity index (χ1) is 8.90. The predicted octanol–water partition coefficient (Wildman–Crippen LogP) is 2.31. The van der Waals surface area contributed by atoms with Crippen LogP contribution in [-0.4, -0.2) is 41.6 Å². The van der Waals surface area contributed by atoms with Crippen molar-refractivity contribution in [3.63, 3.8) is 0 Å². The number of carbonyl (C=O) groups is 1. The fraction of sp³-hybridized carbons (Fsp3) is 0.462. The highest BCUT2D eigenvalue weighted by Gasteiger charge is 2.10. The van der Waals surface area contributed by atoms with Crippen LogP contribution in [0.1, 0.15) is 24.2 Å². The van der Waals surface area contributed by atoms with Crippen LogP contribution in [0, 0.1) is 0 Å². The van der Waals surface area contributed by atoms with Crippen molar-refractivity contribution < 1.29 is 24.5 Å². The van der Waals surface area contributed by atoms with Crippen LogP contribution in [0.25, 0.3) is 0 Å². The van der Waals surface area contributed by atoms with Gasteiger partial charge in [0.25, 0.3) is 0 Å². The monoisotopic (exact) mass is 332 g/mol. The van der Waals surface area contributed by atoms with Gasteiger partial charge in [-0.1, -0.05) is 0 Å². The van der Waals surface area contributed by atoms with E-state index in [4.69, 9.17) is 14.6 Å². The highest BCUT2D eigenvalue weighted by molar-refractivity contribution is 9.10. The van der Waals surface area contributed by atoms with Crippen molar-refractivity contribution in [1.29, 1.82) is 0 Å². The first kappa shape index (κ1) is 15.9. The lowest BCUT2D eigenvalue weighted by atomic mass is 10.2. The Kier molecular flexibility index (Phi) is 6.27.